The predicted octanol–water partition coefficient (Wildman–Crippen LogP) is 6.24. The number of carbonyl (C=O) groups excluding carboxylic acids is 1. The zero-order valence-corrected chi connectivity index (χ0v) is 21.5. The van der Waals surface area contributed by atoms with E-state index >= 15 is 4.39 Å². The number of fused-ring (bicyclic) bond motifs is 1. The van der Waals surface area contributed by atoms with Crippen molar-refractivity contribution in [3.05, 3.63) is 82.7 Å². The predicted molar refractivity (Wildman–Crippen MR) is 141 cm³/mol. The second-order valence-electron chi connectivity index (χ2n) is 10.2. The number of hydrogen-bond acceptors (Lipinski definition) is 4. The molecule has 0 bridgehead atoms. The minimum absolute atomic E-state index is 0.0649. The number of halogens is 1. The normalized spacial score (nSPS) is 17.2. The zero-order valence-electron chi connectivity index (χ0n) is 21.5. The topological polar surface area (TPSA) is 42.0 Å². The van der Waals surface area contributed by atoms with Crippen LogP contribution in [-0.2, 0) is 11.2 Å². The van der Waals surface area contributed by atoms with Crippen LogP contribution in [0.1, 0.15) is 60.9 Å². The third-order valence-electron chi connectivity index (χ3n) is 6.96. The van der Waals surface area contributed by atoms with Crippen LogP contribution in [0.3, 0.4) is 0 Å². The van der Waals surface area contributed by atoms with Crippen LogP contribution in [0.2, 0.25) is 0 Å². The Hall–Kier alpha value is -3.54. The molecular weight excluding hydrogens is 455 g/mol. The molecule has 3 aromatic carbocycles. The highest BCUT2D eigenvalue weighted by molar-refractivity contribution is 5.98. The van der Waals surface area contributed by atoms with E-state index in [1.165, 1.54) is 0 Å². The molecule has 5 rings (SSSR count). The Morgan fingerprint density at radius 2 is 1.69 bits per heavy atom. The van der Waals surface area contributed by atoms with Gasteiger partial charge in [-0.15, -0.1) is 0 Å². The van der Waals surface area contributed by atoms with Crippen LogP contribution in [0.25, 0.3) is 0 Å². The first-order valence-electron chi connectivity index (χ1n) is 12.5. The number of amides is 1. The van der Waals surface area contributed by atoms with Crippen molar-refractivity contribution in [2.24, 2.45) is 0 Å². The van der Waals surface area contributed by atoms with Gasteiger partial charge < -0.3 is 19.3 Å². The number of anilines is 2. The van der Waals surface area contributed by atoms with E-state index in [0.717, 1.165) is 40.9 Å². The Bertz CT molecular complexity index is 1280. The van der Waals surface area contributed by atoms with E-state index in [1.54, 1.807) is 18.1 Å². The summed E-state index contributed by atoms with van der Waals surface area (Å²) < 4.78 is 27.4. The first kappa shape index (κ1) is 24.2. The molecule has 1 aliphatic heterocycles. The van der Waals surface area contributed by atoms with Gasteiger partial charge >= 0.3 is 0 Å². The van der Waals surface area contributed by atoms with Crippen LogP contribution in [0.15, 0.2) is 54.6 Å². The van der Waals surface area contributed by atoms with Crippen molar-refractivity contribution in [2.45, 2.75) is 51.2 Å². The van der Waals surface area contributed by atoms with Gasteiger partial charge in [0.05, 0.1) is 25.7 Å². The summed E-state index contributed by atoms with van der Waals surface area (Å²) in [6, 6.07) is 16.5. The van der Waals surface area contributed by atoms with E-state index < -0.39 is 6.04 Å². The largest absolute Gasteiger partial charge is 0.493 e. The summed E-state index contributed by atoms with van der Waals surface area (Å²) >= 11 is 0. The molecule has 1 fully saturated rings. The summed E-state index contributed by atoms with van der Waals surface area (Å²) in [5.74, 6) is 1.22. The standard InChI is InChI=1S/C30H33FN2O3/c1-18(2)36-28-17-25-21(15-27(28)35-5)16-29(34)33(23-11-9-22(10-12-23)32(3)4)30(25)24-13-8-20(14-26(24)31)19-6-7-19/h8-15,17-19,30H,6-7,16H2,1-5H3. The van der Waals surface area contributed by atoms with Gasteiger partial charge in [-0.3, -0.25) is 4.79 Å². The zero-order chi connectivity index (χ0) is 25.6. The highest BCUT2D eigenvalue weighted by Crippen LogP contribution is 2.46. The van der Waals surface area contributed by atoms with Crippen molar-refractivity contribution < 1.29 is 18.7 Å². The van der Waals surface area contributed by atoms with Crippen molar-refractivity contribution in [2.75, 3.05) is 31.0 Å². The highest BCUT2D eigenvalue weighted by Gasteiger charge is 2.38. The molecule has 0 N–H and O–H groups in total. The average molecular weight is 489 g/mol. The molecule has 36 heavy (non-hydrogen) atoms. The number of hydrogen-bond donors (Lipinski definition) is 0. The van der Waals surface area contributed by atoms with Crippen LogP contribution in [-0.4, -0.2) is 33.2 Å². The molecule has 1 heterocycles. The highest BCUT2D eigenvalue weighted by atomic mass is 19.1. The summed E-state index contributed by atoms with van der Waals surface area (Å²) in [7, 11) is 5.53. The average Bonchev–Trinajstić information content (AvgIpc) is 3.69. The number of rotatable bonds is 7. The SMILES string of the molecule is COc1cc2c(cc1OC(C)C)C(c1ccc(C3CC3)cc1F)N(c1ccc(N(C)C)cc1)C(=O)C2. The summed E-state index contributed by atoms with van der Waals surface area (Å²) in [6.45, 7) is 3.91. The molecule has 3 aromatic rings. The van der Waals surface area contributed by atoms with E-state index in [0.29, 0.717) is 23.0 Å². The quantitative estimate of drug-likeness (QED) is 0.395. The molecule has 0 aromatic heterocycles. The second kappa shape index (κ2) is 9.49. The Labute approximate surface area is 212 Å². The molecule has 2 aliphatic rings. The third kappa shape index (κ3) is 4.52. The Kier molecular flexibility index (Phi) is 6.37. The fourth-order valence-corrected chi connectivity index (χ4v) is 5.01. The Morgan fingerprint density at radius 1 is 0.972 bits per heavy atom. The molecular formula is C30H33FN2O3. The summed E-state index contributed by atoms with van der Waals surface area (Å²) in [6.07, 6.45) is 2.33. The van der Waals surface area contributed by atoms with Gasteiger partial charge in [0, 0.05) is 31.0 Å². The molecule has 0 saturated heterocycles. The van der Waals surface area contributed by atoms with E-state index in [2.05, 4.69) is 0 Å². The third-order valence-corrected chi connectivity index (χ3v) is 6.96. The molecule has 6 heteroatoms. The minimum atomic E-state index is -0.625. The first-order chi connectivity index (χ1) is 17.3. The molecule has 5 nitrogen and oxygen atoms in total. The van der Waals surface area contributed by atoms with Crippen LogP contribution >= 0.6 is 0 Å². The number of methoxy groups -OCH3 is 1. The lowest BCUT2D eigenvalue weighted by molar-refractivity contribution is -0.118. The van der Waals surface area contributed by atoms with Gasteiger partial charge in [0.25, 0.3) is 0 Å². The number of carbonyl (C=O) groups is 1. The van der Waals surface area contributed by atoms with Crippen molar-refractivity contribution in [1.82, 2.24) is 0 Å². The van der Waals surface area contributed by atoms with Crippen LogP contribution < -0.4 is 19.3 Å². The van der Waals surface area contributed by atoms with Gasteiger partial charge in [0.2, 0.25) is 5.91 Å². The van der Waals surface area contributed by atoms with Crippen LogP contribution in [0.5, 0.6) is 11.5 Å². The fourth-order valence-electron chi connectivity index (χ4n) is 5.01. The van der Waals surface area contributed by atoms with E-state index in [-0.39, 0.29) is 24.2 Å². The Morgan fingerprint density at radius 3 is 2.28 bits per heavy atom. The van der Waals surface area contributed by atoms with Gasteiger partial charge in [0.15, 0.2) is 11.5 Å². The lowest BCUT2D eigenvalue weighted by atomic mass is 9.86. The molecule has 1 amide bonds. The van der Waals surface area contributed by atoms with Crippen molar-refractivity contribution in [3.63, 3.8) is 0 Å². The summed E-state index contributed by atoms with van der Waals surface area (Å²) in [4.78, 5) is 17.4. The Balaban J connectivity index is 1.68. The summed E-state index contributed by atoms with van der Waals surface area (Å²) in [5.41, 5.74) is 4.93. The lowest BCUT2D eigenvalue weighted by Gasteiger charge is -2.38. The molecule has 1 saturated carbocycles. The van der Waals surface area contributed by atoms with Gasteiger partial charge in [-0.1, -0.05) is 12.1 Å². The van der Waals surface area contributed by atoms with Crippen LogP contribution in [0.4, 0.5) is 15.8 Å². The molecule has 1 unspecified atom stereocenters. The monoisotopic (exact) mass is 488 g/mol. The maximum absolute atomic E-state index is 15.8. The van der Waals surface area contributed by atoms with Crippen molar-refractivity contribution >= 4 is 17.3 Å². The van der Waals surface area contributed by atoms with Crippen LogP contribution in [0, 0.1) is 5.82 Å². The molecule has 1 aliphatic carbocycles. The molecule has 1 atom stereocenters. The van der Waals surface area contributed by atoms with E-state index in [9.17, 15) is 4.79 Å². The maximum atomic E-state index is 15.8. The summed E-state index contributed by atoms with van der Waals surface area (Å²) in [5, 5.41) is 0. The maximum Gasteiger partial charge on any atom is 0.232 e. The number of benzene rings is 3. The minimum Gasteiger partial charge on any atom is -0.493 e. The van der Waals surface area contributed by atoms with Gasteiger partial charge in [0.1, 0.15) is 5.82 Å². The van der Waals surface area contributed by atoms with Crippen molar-refractivity contribution in [1.29, 1.82) is 0 Å². The number of ether oxygens (including phenoxy) is 2. The van der Waals surface area contributed by atoms with E-state index in [1.807, 2.05) is 81.4 Å². The van der Waals surface area contributed by atoms with Gasteiger partial charge in [-0.25, -0.2) is 4.39 Å². The second-order valence-corrected chi connectivity index (χ2v) is 10.2. The van der Waals surface area contributed by atoms with Gasteiger partial charge in [-0.05, 0) is 91.8 Å². The lowest BCUT2D eigenvalue weighted by Crippen LogP contribution is -2.41. The number of nitrogens with zero attached hydrogens (tertiary/aromatic N) is 2. The molecule has 0 radical (unpaired) electrons. The van der Waals surface area contributed by atoms with Crippen molar-refractivity contribution in [3.8, 4) is 11.5 Å². The first-order valence-corrected chi connectivity index (χ1v) is 12.5. The van der Waals surface area contributed by atoms with E-state index in [4.69, 9.17) is 9.47 Å². The van der Waals surface area contributed by atoms with Gasteiger partial charge in [-0.2, -0.15) is 0 Å². The molecule has 0 spiro atoms. The smallest absolute Gasteiger partial charge is 0.232 e. The molecule has 188 valence electrons. The fraction of sp³-hybridized carbons (Fsp3) is 0.367.